The number of carbonyl (C=O) groups is 2. The van der Waals surface area contributed by atoms with E-state index in [-0.39, 0.29) is 18.0 Å². The Labute approximate surface area is 105 Å². The standard InChI is InChI=1S/C15H14O3/c1-10-5-3-4-6-12(10)14(16)9-15(17)13-7-8-18-11(13)2/h3-8H,9H2,1-2H3. The maximum atomic E-state index is 12.0. The Hall–Kier alpha value is -2.16. The SMILES string of the molecule is Cc1ccccc1C(=O)CC(=O)c1ccoc1C. The molecule has 0 saturated heterocycles. The van der Waals surface area contributed by atoms with Crippen LogP contribution in [0.15, 0.2) is 41.0 Å². The average Bonchev–Trinajstić information content (AvgIpc) is 2.76. The fraction of sp³-hybridized carbons (Fsp3) is 0.200. The molecule has 1 aromatic heterocycles. The van der Waals surface area contributed by atoms with Gasteiger partial charge in [-0.05, 0) is 25.5 Å². The molecule has 0 atom stereocenters. The van der Waals surface area contributed by atoms with Gasteiger partial charge in [0.1, 0.15) is 5.76 Å². The predicted molar refractivity (Wildman–Crippen MR) is 67.9 cm³/mol. The van der Waals surface area contributed by atoms with E-state index >= 15 is 0 Å². The third-order valence-electron chi connectivity index (χ3n) is 2.93. The Morgan fingerprint density at radius 3 is 2.28 bits per heavy atom. The van der Waals surface area contributed by atoms with Gasteiger partial charge >= 0.3 is 0 Å². The highest BCUT2D eigenvalue weighted by Crippen LogP contribution is 2.15. The fourth-order valence-corrected chi connectivity index (χ4v) is 1.90. The van der Waals surface area contributed by atoms with Crippen molar-refractivity contribution >= 4 is 11.6 Å². The molecule has 0 radical (unpaired) electrons. The summed E-state index contributed by atoms with van der Waals surface area (Å²) in [5, 5.41) is 0. The van der Waals surface area contributed by atoms with Gasteiger partial charge in [-0.25, -0.2) is 0 Å². The number of hydrogen-bond acceptors (Lipinski definition) is 3. The lowest BCUT2D eigenvalue weighted by Crippen LogP contribution is -2.10. The molecule has 0 aliphatic rings. The van der Waals surface area contributed by atoms with Crippen molar-refractivity contribution in [2.24, 2.45) is 0 Å². The quantitative estimate of drug-likeness (QED) is 0.610. The Bertz CT molecular complexity index is 593. The summed E-state index contributed by atoms with van der Waals surface area (Å²) in [5.74, 6) is 0.200. The van der Waals surface area contributed by atoms with E-state index in [0.29, 0.717) is 16.9 Å². The highest BCUT2D eigenvalue weighted by molar-refractivity contribution is 6.14. The van der Waals surface area contributed by atoms with Crippen LogP contribution in [-0.2, 0) is 0 Å². The Balaban J connectivity index is 2.16. The van der Waals surface area contributed by atoms with E-state index in [0.717, 1.165) is 5.56 Å². The molecule has 0 amide bonds. The predicted octanol–water partition coefficient (Wildman–Crippen LogP) is 3.35. The number of aryl methyl sites for hydroxylation is 2. The van der Waals surface area contributed by atoms with Crippen LogP contribution in [0.1, 0.15) is 38.5 Å². The lowest BCUT2D eigenvalue weighted by molar-refractivity contribution is 0.0893. The van der Waals surface area contributed by atoms with Crippen LogP contribution in [-0.4, -0.2) is 11.6 Å². The van der Waals surface area contributed by atoms with Crippen LogP contribution in [0, 0.1) is 13.8 Å². The van der Waals surface area contributed by atoms with Gasteiger partial charge in [0.05, 0.1) is 18.2 Å². The van der Waals surface area contributed by atoms with E-state index in [9.17, 15) is 9.59 Å². The molecule has 0 aliphatic carbocycles. The van der Waals surface area contributed by atoms with E-state index in [1.54, 1.807) is 25.1 Å². The van der Waals surface area contributed by atoms with Gasteiger partial charge in [0.25, 0.3) is 0 Å². The second-order valence-electron chi connectivity index (χ2n) is 4.23. The van der Waals surface area contributed by atoms with Crippen molar-refractivity contribution in [3.05, 3.63) is 59.0 Å². The number of Topliss-reactive ketones (excluding diaryl/α,β-unsaturated/α-hetero) is 2. The molecule has 0 aliphatic heterocycles. The first-order valence-electron chi connectivity index (χ1n) is 5.75. The third kappa shape index (κ3) is 2.40. The highest BCUT2D eigenvalue weighted by atomic mass is 16.3. The molecule has 3 nitrogen and oxygen atoms in total. The largest absolute Gasteiger partial charge is 0.469 e. The van der Waals surface area contributed by atoms with Crippen molar-refractivity contribution in [2.75, 3.05) is 0 Å². The topological polar surface area (TPSA) is 47.3 Å². The molecular weight excluding hydrogens is 228 g/mol. The third-order valence-corrected chi connectivity index (χ3v) is 2.93. The second-order valence-corrected chi connectivity index (χ2v) is 4.23. The van der Waals surface area contributed by atoms with E-state index in [4.69, 9.17) is 4.42 Å². The highest BCUT2D eigenvalue weighted by Gasteiger charge is 2.17. The minimum Gasteiger partial charge on any atom is -0.469 e. The lowest BCUT2D eigenvalue weighted by Gasteiger charge is -2.03. The number of furan rings is 1. The van der Waals surface area contributed by atoms with Gasteiger partial charge in [0.2, 0.25) is 0 Å². The first kappa shape index (κ1) is 12.3. The lowest BCUT2D eigenvalue weighted by atomic mass is 9.99. The Morgan fingerprint density at radius 2 is 1.67 bits per heavy atom. The number of carbonyl (C=O) groups excluding carboxylic acids is 2. The van der Waals surface area contributed by atoms with Crippen LogP contribution in [0.2, 0.25) is 0 Å². The number of benzene rings is 1. The molecule has 0 saturated carbocycles. The molecule has 18 heavy (non-hydrogen) atoms. The molecule has 0 N–H and O–H groups in total. The van der Waals surface area contributed by atoms with Gasteiger partial charge in [-0.1, -0.05) is 24.3 Å². The summed E-state index contributed by atoms with van der Waals surface area (Å²) in [7, 11) is 0. The summed E-state index contributed by atoms with van der Waals surface area (Å²) in [6, 6.07) is 8.87. The molecule has 2 aromatic rings. The zero-order chi connectivity index (χ0) is 13.1. The zero-order valence-electron chi connectivity index (χ0n) is 10.4. The number of hydrogen-bond donors (Lipinski definition) is 0. The molecule has 0 fully saturated rings. The molecule has 1 heterocycles. The minimum absolute atomic E-state index is 0.120. The van der Waals surface area contributed by atoms with Gasteiger partial charge in [0, 0.05) is 5.56 Å². The summed E-state index contributed by atoms with van der Waals surface area (Å²) in [6.07, 6.45) is 1.34. The van der Waals surface area contributed by atoms with Gasteiger partial charge in [-0.3, -0.25) is 9.59 Å². The van der Waals surface area contributed by atoms with Crippen molar-refractivity contribution in [3.63, 3.8) is 0 Å². The van der Waals surface area contributed by atoms with Gasteiger partial charge in [0.15, 0.2) is 11.6 Å². The van der Waals surface area contributed by atoms with Crippen LogP contribution < -0.4 is 0 Å². The molecule has 1 aromatic carbocycles. The van der Waals surface area contributed by atoms with E-state index in [1.807, 2.05) is 19.1 Å². The summed E-state index contributed by atoms with van der Waals surface area (Å²) < 4.78 is 5.06. The molecule has 0 bridgehead atoms. The Kier molecular flexibility index (Phi) is 3.42. The van der Waals surface area contributed by atoms with Gasteiger partial charge < -0.3 is 4.42 Å². The van der Waals surface area contributed by atoms with Crippen molar-refractivity contribution in [1.29, 1.82) is 0 Å². The number of rotatable bonds is 4. The van der Waals surface area contributed by atoms with E-state index in [2.05, 4.69) is 0 Å². The molecule has 92 valence electrons. The van der Waals surface area contributed by atoms with Crippen LogP contribution in [0.4, 0.5) is 0 Å². The monoisotopic (exact) mass is 242 g/mol. The number of ketones is 2. The summed E-state index contributed by atoms with van der Waals surface area (Å²) >= 11 is 0. The smallest absolute Gasteiger partial charge is 0.174 e. The summed E-state index contributed by atoms with van der Waals surface area (Å²) in [6.45, 7) is 3.58. The molecule has 0 unspecified atom stereocenters. The molecule has 3 heteroatoms. The summed E-state index contributed by atoms with van der Waals surface area (Å²) in [5.41, 5.74) is 1.98. The molecule has 0 spiro atoms. The molecular formula is C15H14O3. The van der Waals surface area contributed by atoms with Crippen LogP contribution in [0.25, 0.3) is 0 Å². The fourth-order valence-electron chi connectivity index (χ4n) is 1.90. The first-order chi connectivity index (χ1) is 8.59. The van der Waals surface area contributed by atoms with E-state index in [1.165, 1.54) is 6.26 Å². The van der Waals surface area contributed by atoms with Crippen molar-refractivity contribution in [3.8, 4) is 0 Å². The Morgan fingerprint density at radius 1 is 1.00 bits per heavy atom. The maximum Gasteiger partial charge on any atom is 0.174 e. The van der Waals surface area contributed by atoms with Gasteiger partial charge in [-0.2, -0.15) is 0 Å². The second kappa shape index (κ2) is 5.00. The zero-order valence-corrected chi connectivity index (χ0v) is 10.4. The van der Waals surface area contributed by atoms with Crippen LogP contribution >= 0.6 is 0 Å². The minimum atomic E-state index is -0.200. The van der Waals surface area contributed by atoms with Crippen molar-refractivity contribution < 1.29 is 14.0 Å². The van der Waals surface area contributed by atoms with Gasteiger partial charge in [-0.15, -0.1) is 0 Å². The van der Waals surface area contributed by atoms with E-state index < -0.39 is 0 Å². The van der Waals surface area contributed by atoms with Crippen molar-refractivity contribution in [1.82, 2.24) is 0 Å². The average molecular weight is 242 g/mol. The normalized spacial score (nSPS) is 10.3. The van der Waals surface area contributed by atoms with Crippen molar-refractivity contribution in [2.45, 2.75) is 20.3 Å². The van der Waals surface area contributed by atoms with Crippen LogP contribution in [0.5, 0.6) is 0 Å². The summed E-state index contributed by atoms with van der Waals surface area (Å²) in [4.78, 5) is 24.0. The maximum absolute atomic E-state index is 12.0. The van der Waals surface area contributed by atoms with Crippen LogP contribution in [0.3, 0.4) is 0 Å². The molecule has 2 rings (SSSR count). The first-order valence-corrected chi connectivity index (χ1v) is 5.75.